The highest BCUT2D eigenvalue weighted by molar-refractivity contribution is 5.89. The number of β-amino-alcohol motifs (C(OH)–C–C–N with tert-alkyl or cyclic N) is 1. The first-order valence-corrected chi connectivity index (χ1v) is 11.0. The molecular formula is C22H30FN7O2. The predicted molar refractivity (Wildman–Crippen MR) is 122 cm³/mol. The molecule has 0 atom stereocenters. The molecule has 0 aliphatic carbocycles. The molecular weight excluding hydrogens is 413 g/mol. The van der Waals surface area contributed by atoms with E-state index >= 15 is 0 Å². The molecule has 0 unspecified atom stereocenters. The number of piperazine rings is 2. The van der Waals surface area contributed by atoms with Gasteiger partial charge in [0.05, 0.1) is 6.61 Å². The fourth-order valence-electron chi connectivity index (χ4n) is 4.01. The van der Waals surface area contributed by atoms with Crippen LogP contribution in [0.25, 0.3) is 0 Å². The topological polar surface area (TPSA) is 88.1 Å². The monoisotopic (exact) mass is 443 g/mol. The van der Waals surface area contributed by atoms with Crippen LogP contribution in [-0.4, -0.2) is 96.6 Å². The first-order valence-electron chi connectivity index (χ1n) is 11.0. The third-order valence-corrected chi connectivity index (χ3v) is 6.06. The van der Waals surface area contributed by atoms with Crippen LogP contribution in [0.1, 0.15) is 5.56 Å². The van der Waals surface area contributed by atoms with E-state index in [1.165, 1.54) is 6.07 Å². The number of urea groups is 1. The van der Waals surface area contributed by atoms with Crippen molar-refractivity contribution in [2.75, 3.05) is 80.6 Å². The van der Waals surface area contributed by atoms with E-state index in [2.05, 4.69) is 30.2 Å². The Morgan fingerprint density at radius 2 is 1.56 bits per heavy atom. The van der Waals surface area contributed by atoms with Gasteiger partial charge in [0.1, 0.15) is 5.82 Å². The zero-order chi connectivity index (χ0) is 22.5. The summed E-state index contributed by atoms with van der Waals surface area (Å²) in [5.74, 6) is 1.33. The molecule has 2 amide bonds. The molecule has 0 bridgehead atoms. The van der Waals surface area contributed by atoms with E-state index in [4.69, 9.17) is 5.11 Å². The SMILES string of the molecule is Cc1ccc(NC(=O)N2CCN(c3ccc(N4CCN(CCO)CC4)nn3)CC2)cc1F. The number of nitrogens with one attached hydrogen (secondary N) is 1. The molecule has 0 saturated carbocycles. The Morgan fingerprint density at radius 3 is 2.09 bits per heavy atom. The van der Waals surface area contributed by atoms with Crippen molar-refractivity contribution in [3.05, 3.63) is 41.7 Å². The largest absolute Gasteiger partial charge is 0.395 e. The summed E-state index contributed by atoms with van der Waals surface area (Å²) in [6.45, 7) is 8.55. The molecule has 10 heteroatoms. The van der Waals surface area contributed by atoms with E-state index in [1.54, 1.807) is 24.0 Å². The van der Waals surface area contributed by atoms with Crippen LogP contribution in [0, 0.1) is 12.7 Å². The molecule has 32 heavy (non-hydrogen) atoms. The molecule has 2 aromatic rings. The van der Waals surface area contributed by atoms with Gasteiger partial charge in [-0.15, -0.1) is 10.2 Å². The number of anilines is 3. The van der Waals surface area contributed by atoms with Crippen molar-refractivity contribution in [1.29, 1.82) is 0 Å². The highest BCUT2D eigenvalue weighted by Crippen LogP contribution is 2.19. The smallest absolute Gasteiger partial charge is 0.321 e. The Kier molecular flexibility index (Phi) is 7.01. The minimum absolute atomic E-state index is 0.188. The van der Waals surface area contributed by atoms with E-state index in [0.29, 0.717) is 44.0 Å². The number of hydrogen-bond acceptors (Lipinski definition) is 7. The van der Waals surface area contributed by atoms with Crippen LogP contribution in [-0.2, 0) is 0 Å². The Hall–Kier alpha value is -2.98. The fraction of sp³-hybridized carbons (Fsp3) is 0.500. The molecule has 1 aromatic heterocycles. The third-order valence-electron chi connectivity index (χ3n) is 6.06. The number of benzene rings is 1. The summed E-state index contributed by atoms with van der Waals surface area (Å²) in [7, 11) is 0. The number of rotatable bonds is 5. The third kappa shape index (κ3) is 5.25. The number of amides is 2. The van der Waals surface area contributed by atoms with Gasteiger partial charge in [-0.1, -0.05) is 6.07 Å². The number of aromatic nitrogens is 2. The standard InChI is InChI=1S/C22H30FN7O2/c1-17-2-3-18(16-19(17)23)24-22(32)30-12-10-29(11-13-30)21-5-4-20(25-26-21)28-8-6-27(7-9-28)14-15-31/h2-5,16,31H,6-15H2,1H3,(H,24,32). The lowest BCUT2D eigenvalue weighted by Crippen LogP contribution is -2.50. The molecule has 0 radical (unpaired) electrons. The normalized spacial score (nSPS) is 17.5. The molecule has 0 spiro atoms. The minimum Gasteiger partial charge on any atom is -0.395 e. The van der Waals surface area contributed by atoms with Gasteiger partial charge in [0.15, 0.2) is 11.6 Å². The van der Waals surface area contributed by atoms with Crippen LogP contribution in [0.15, 0.2) is 30.3 Å². The lowest BCUT2D eigenvalue weighted by molar-refractivity contribution is 0.188. The summed E-state index contributed by atoms with van der Waals surface area (Å²) in [5.41, 5.74) is 1.01. The van der Waals surface area contributed by atoms with Crippen LogP contribution < -0.4 is 15.1 Å². The molecule has 2 N–H and O–H groups in total. The van der Waals surface area contributed by atoms with Crippen molar-refractivity contribution < 1.29 is 14.3 Å². The molecule has 9 nitrogen and oxygen atoms in total. The van der Waals surface area contributed by atoms with E-state index in [1.807, 2.05) is 12.1 Å². The summed E-state index contributed by atoms with van der Waals surface area (Å²) in [5, 5.41) is 20.7. The number of aliphatic hydroxyl groups excluding tert-OH is 1. The van der Waals surface area contributed by atoms with Crippen molar-refractivity contribution in [2.45, 2.75) is 6.92 Å². The zero-order valence-corrected chi connectivity index (χ0v) is 18.4. The highest BCUT2D eigenvalue weighted by Gasteiger charge is 2.23. The van der Waals surface area contributed by atoms with Gasteiger partial charge in [0.2, 0.25) is 0 Å². The molecule has 3 heterocycles. The maximum Gasteiger partial charge on any atom is 0.321 e. The molecule has 1 aromatic carbocycles. The van der Waals surface area contributed by atoms with Crippen molar-refractivity contribution in [2.24, 2.45) is 0 Å². The quantitative estimate of drug-likeness (QED) is 0.722. The lowest BCUT2D eigenvalue weighted by atomic mass is 10.2. The van der Waals surface area contributed by atoms with Crippen LogP contribution in [0.4, 0.5) is 26.5 Å². The molecule has 2 aliphatic heterocycles. The number of aliphatic hydroxyl groups is 1. The van der Waals surface area contributed by atoms with Gasteiger partial charge in [-0.3, -0.25) is 4.90 Å². The van der Waals surface area contributed by atoms with Crippen molar-refractivity contribution in [1.82, 2.24) is 20.0 Å². The predicted octanol–water partition coefficient (Wildman–Crippen LogP) is 1.39. The van der Waals surface area contributed by atoms with Gasteiger partial charge in [-0.25, -0.2) is 9.18 Å². The molecule has 172 valence electrons. The minimum atomic E-state index is -0.332. The van der Waals surface area contributed by atoms with Crippen molar-refractivity contribution >= 4 is 23.4 Å². The Bertz CT molecular complexity index is 911. The Labute approximate surface area is 187 Å². The average molecular weight is 444 g/mol. The first kappa shape index (κ1) is 22.2. The van der Waals surface area contributed by atoms with Gasteiger partial charge in [-0.2, -0.15) is 0 Å². The van der Waals surface area contributed by atoms with E-state index in [-0.39, 0.29) is 18.5 Å². The summed E-state index contributed by atoms with van der Waals surface area (Å²) >= 11 is 0. The summed E-state index contributed by atoms with van der Waals surface area (Å²) in [6, 6.07) is 8.45. The van der Waals surface area contributed by atoms with Crippen LogP contribution in [0.2, 0.25) is 0 Å². The van der Waals surface area contributed by atoms with E-state index in [0.717, 1.165) is 37.8 Å². The number of halogens is 1. The van der Waals surface area contributed by atoms with E-state index in [9.17, 15) is 9.18 Å². The maximum atomic E-state index is 13.7. The molecule has 2 fully saturated rings. The molecule has 2 aliphatic rings. The average Bonchev–Trinajstić information content (AvgIpc) is 2.82. The second kappa shape index (κ2) is 10.1. The zero-order valence-electron chi connectivity index (χ0n) is 18.4. The van der Waals surface area contributed by atoms with Gasteiger partial charge in [0.25, 0.3) is 0 Å². The Morgan fingerprint density at radius 1 is 0.969 bits per heavy atom. The summed E-state index contributed by atoms with van der Waals surface area (Å²) < 4.78 is 13.7. The number of hydrogen-bond donors (Lipinski definition) is 2. The van der Waals surface area contributed by atoms with E-state index < -0.39 is 0 Å². The summed E-state index contributed by atoms with van der Waals surface area (Å²) in [6.07, 6.45) is 0. The van der Waals surface area contributed by atoms with Gasteiger partial charge in [0, 0.05) is 64.6 Å². The van der Waals surface area contributed by atoms with Gasteiger partial charge >= 0.3 is 6.03 Å². The maximum absolute atomic E-state index is 13.7. The van der Waals surface area contributed by atoms with Crippen molar-refractivity contribution in [3.63, 3.8) is 0 Å². The number of carbonyl (C=O) groups is 1. The highest BCUT2D eigenvalue weighted by atomic mass is 19.1. The van der Waals surface area contributed by atoms with Gasteiger partial charge in [-0.05, 0) is 36.8 Å². The number of aryl methyl sites for hydroxylation is 1. The molecule has 4 rings (SSSR count). The second-order valence-electron chi connectivity index (χ2n) is 8.17. The fourth-order valence-corrected chi connectivity index (χ4v) is 4.01. The molecule has 2 saturated heterocycles. The van der Waals surface area contributed by atoms with Crippen LogP contribution in [0.5, 0.6) is 0 Å². The van der Waals surface area contributed by atoms with Crippen molar-refractivity contribution in [3.8, 4) is 0 Å². The Balaban J connectivity index is 1.27. The van der Waals surface area contributed by atoms with Crippen LogP contribution in [0.3, 0.4) is 0 Å². The summed E-state index contributed by atoms with van der Waals surface area (Å²) in [4.78, 5) is 20.8. The first-order chi connectivity index (χ1) is 15.5. The second-order valence-corrected chi connectivity index (χ2v) is 8.17. The number of carbonyl (C=O) groups excluding carboxylic acids is 1. The lowest BCUT2D eigenvalue weighted by Gasteiger charge is -2.36. The van der Waals surface area contributed by atoms with Crippen LogP contribution >= 0.6 is 0 Å². The number of nitrogens with zero attached hydrogens (tertiary/aromatic N) is 6. The van der Waals surface area contributed by atoms with Gasteiger partial charge < -0.3 is 25.1 Å².